The molecule has 0 saturated heterocycles. The van der Waals surface area contributed by atoms with Crippen molar-refractivity contribution in [1.29, 1.82) is 0 Å². The molecule has 1 aromatic heterocycles. The summed E-state index contributed by atoms with van der Waals surface area (Å²) in [4.78, 5) is 16.8. The van der Waals surface area contributed by atoms with E-state index in [-0.39, 0.29) is 23.9 Å². The molecular weight excluding hydrogens is 235 g/mol. The Bertz CT molecular complexity index is 387. The van der Waals surface area contributed by atoms with Crippen LogP contribution in [0.15, 0.2) is 12.3 Å². The van der Waals surface area contributed by atoms with Crippen molar-refractivity contribution in [3.05, 3.63) is 28.8 Å². The fourth-order valence-corrected chi connectivity index (χ4v) is 1.45. The summed E-state index contributed by atoms with van der Waals surface area (Å²) in [5.41, 5.74) is 0.0111. The van der Waals surface area contributed by atoms with Crippen LogP contribution in [0.1, 0.15) is 17.3 Å². The third kappa shape index (κ3) is 2.90. The number of likely N-dealkylation sites (N-methyl/N-ethyl adjacent to an activating group) is 1. The van der Waals surface area contributed by atoms with Gasteiger partial charge < -0.3 is 10.0 Å². The van der Waals surface area contributed by atoms with E-state index >= 15 is 0 Å². The molecule has 16 heavy (non-hydrogen) atoms. The molecule has 0 spiro atoms. The Balaban J connectivity index is 2.98. The summed E-state index contributed by atoms with van der Waals surface area (Å²) in [5.74, 6) is -1.05. The fraction of sp³-hybridized carbons (Fsp3) is 0.400. The van der Waals surface area contributed by atoms with Crippen molar-refractivity contribution >= 4 is 17.5 Å². The number of amides is 1. The molecule has 1 amide bonds. The molecule has 0 bridgehead atoms. The van der Waals surface area contributed by atoms with Gasteiger partial charge in [0.05, 0.1) is 18.4 Å². The van der Waals surface area contributed by atoms with E-state index in [1.807, 2.05) is 0 Å². The molecule has 1 heterocycles. The molecule has 0 aliphatic rings. The minimum absolute atomic E-state index is 0.0111. The smallest absolute Gasteiger partial charge is 0.257 e. The van der Waals surface area contributed by atoms with Gasteiger partial charge in [0, 0.05) is 13.1 Å². The highest BCUT2D eigenvalue weighted by Gasteiger charge is 2.18. The molecule has 88 valence electrons. The van der Waals surface area contributed by atoms with Crippen molar-refractivity contribution in [2.45, 2.75) is 6.92 Å². The number of carbonyl (C=O) groups excluding carboxylic acids is 1. The highest BCUT2D eigenvalue weighted by molar-refractivity contribution is 6.32. The van der Waals surface area contributed by atoms with E-state index in [9.17, 15) is 9.18 Å². The summed E-state index contributed by atoms with van der Waals surface area (Å²) in [5, 5.41) is 8.73. The Morgan fingerprint density at radius 1 is 1.69 bits per heavy atom. The van der Waals surface area contributed by atoms with Crippen LogP contribution in [0.25, 0.3) is 0 Å². The first kappa shape index (κ1) is 12.9. The largest absolute Gasteiger partial charge is 0.395 e. The number of halogens is 2. The quantitative estimate of drug-likeness (QED) is 0.816. The summed E-state index contributed by atoms with van der Waals surface area (Å²) >= 11 is 5.70. The van der Waals surface area contributed by atoms with E-state index in [0.29, 0.717) is 6.54 Å². The second-order valence-electron chi connectivity index (χ2n) is 3.10. The zero-order chi connectivity index (χ0) is 12.1. The Morgan fingerprint density at radius 3 is 2.94 bits per heavy atom. The maximum absolute atomic E-state index is 12.9. The summed E-state index contributed by atoms with van der Waals surface area (Å²) in [6, 6.07) is 1.04. The average Bonchev–Trinajstić information content (AvgIpc) is 2.28. The van der Waals surface area contributed by atoms with Crippen molar-refractivity contribution in [3.8, 4) is 0 Å². The van der Waals surface area contributed by atoms with Crippen molar-refractivity contribution in [2.24, 2.45) is 0 Å². The van der Waals surface area contributed by atoms with Crippen LogP contribution in [0.5, 0.6) is 0 Å². The van der Waals surface area contributed by atoms with E-state index in [1.54, 1.807) is 6.92 Å². The molecule has 0 aliphatic carbocycles. The van der Waals surface area contributed by atoms with Crippen LogP contribution >= 0.6 is 11.6 Å². The zero-order valence-corrected chi connectivity index (χ0v) is 9.54. The van der Waals surface area contributed by atoms with Gasteiger partial charge in [-0.1, -0.05) is 11.6 Å². The van der Waals surface area contributed by atoms with Crippen LogP contribution in [0, 0.1) is 5.82 Å². The number of hydrogen-bond acceptors (Lipinski definition) is 3. The molecule has 0 saturated carbocycles. The van der Waals surface area contributed by atoms with E-state index in [1.165, 1.54) is 4.90 Å². The summed E-state index contributed by atoms with van der Waals surface area (Å²) in [6.07, 6.45) is 0.946. The second-order valence-corrected chi connectivity index (χ2v) is 3.46. The van der Waals surface area contributed by atoms with Crippen LogP contribution in [-0.2, 0) is 0 Å². The second kappa shape index (κ2) is 5.77. The highest BCUT2D eigenvalue weighted by Crippen LogP contribution is 2.15. The number of aliphatic hydroxyl groups is 1. The highest BCUT2D eigenvalue weighted by atomic mass is 35.5. The van der Waals surface area contributed by atoms with Gasteiger partial charge in [-0.15, -0.1) is 0 Å². The SMILES string of the molecule is CCN(CCO)C(=O)c1cc(F)cnc1Cl. The summed E-state index contributed by atoms with van der Waals surface area (Å²) in [6.45, 7) is 2.20. The molecular formula is C10H12ClFN2O2. The number of pyridine rings is 1. The number of rotatable bonds is 4. The third-order valence-electron chi connectivity index (χ3n) is 2.07. The third-order valence-corrected chi connectivity index (χ3v) is 2.38. The molecule has 0 unspecified atom stereocenters. The van der Waals surface area contributed by atoms with Crippen molar-refractivity contribution in [2.75, 3.05) is 19.7 Å². The van der Waals surface area contributed by atoms with E-state index < -0.39 is 11.7 Å². The first-order valence-corrected chi connectivity index (χ1v) is 5.19. The van der Waals surface area contributed by atoms with Gasteiger partial charge in [-0.3, -0.25) is 4.79 Å². The minimum Gasteiger partial charge on any atom is -0.395 e. The topological polar surface area (TPSA) is 53.4 Å². The lowest BCUT2D eigenvalue weighted by Gasteiger charge is -2.19. The molecule has 1 rings (SSSR count). The van der Waals surface area contributed by atoms with Crippen molar-refractivity contribution < 1.29 is 14.3 Å². The van der Waals surface area contributed by atoms with Gasteiger partial charge in [0.25, 0.3) is 5.91 Å². The number of aliphatic hydroxyl groups excluding tert-OH is 1. The average molecular weight is 247 g/mol. The molecule has 6 heteroatoms. The Morgan fingerprint density at radius 2 is 2.38 bits per heavy atom. The monoisotopic (exact) mass is 246 g/mol. The molecule has 1 N–H and O–H groups in total. The normalized spacial score (nSPS) is 10.2. The van der Waals surface area contributed by atoms with E-state index in [0.717, 1.165) is 12.3 Å². The first-order chi connectivity index (χ1) is 7.60. The fourth-order valence-electron chi connectivity index (χ4n) is 1.27. The first-order valence-electron chi connectivity index (χ1n) is 4.81. The van der Waals surface area contributed by atoms with Crippen LogP contribution in [-0.4, -0.2) is 40.6 Å². The molecule has 0 fully saturated rings. The van der Waals surface area contributed by atoms with Gasteiger partial charge in [-0.05, 0) is 13.0 Å². The van der Waals surface area contributed by atoms with Gasteiger partial charge in [0.15, 0.2) is 0 Å². The van der Waals surface area contributed by atoms with Gasteiger partial charge in [-0.25, -0.2) is 9.37 Å². The Kier molecular flexibility index (Phi) is 4.64. The van der Waals surface area contributed by atoms with Crippen LogP contribution in [0.4, 0.5) is 4.39 Å². The molecule has 1 aromatic rings. The lowest BCUT2D eigenvalue weighted by atomic mass is 10.2. The van der Waals surface area contributed by atoms with E-state index in [4.69, 9.17) is 16.7 Å². The molecule has 4 nitrogen and oxygen atoms in total. The maximum atomic E-state index is 12.9. The number of nitrogens with zero attached hydrogens (tertiary/aromatic N) is 2. The van der Waals surface area contributed by atoms with Gasteiger partial charge >= 0.3 is 0 Å². The number of carbonyl (C=O) groups is 1. The van der Waals surface area contributed by atoms with Crippen molar-refractivity contribution in [1.82, 2.24) is 9.88 Å². The predicted octanol–water partition coefficient (Wildman–Crippen LogP) is 1.33. The van der Waals surface area contributed by atoms with Gasteiger partial charge in [0.2, 0.25) is 0 Å². The predicted molar refractivity (Wildman–Crippen MR) is 57.9 cm³/mol. The van der Waals surface area contributed by atoms with Gasteiger partial charge in [-0.2, -0.15) is 0 Å². The van der Waals surface area contributed by atoms with Crippen LogP contribution in [0.3, 0.4) is 0 Å². The molecule has 0 atom stereocenters. The molecule has 0 aromatic carbocycles. The Hall–Kier alpha value is -1.20. The maximum Gasteiger partial charge on any atom is 0.257 e. The van der Waals surface area contributed by atoms with Crippen molar-refractivity contribution in [3.63, 3.8) is 0 Å². The molecule has 0 radical (unpaired) electrons. The number of hydrogen-bond donors (Lipinski definition) is 1. The number of aromatic nitrogens is 1. The van der Waals surface area contributed by atoms with Crippen LogP contribution < -0.4 is 0 Å². The summed E-state index contributed by atoms with van der Waals surface area (Å²) in [7, 11) is 0. The molecule has 0 aliphatic heterocycles. The standard InChI is InChI=1S/C10H12ClFN2O2/c1-2-14(3-4-15)10(16)8-5-7(12)6-13-9(8)11/h5-6,15H,2-4H2,1H3. The minimum atomic E-state index is -0.618. The zero-order valence-electron chi connectivity index (χ0n) is 8.78. The lowest BCUT2D eigenvalue weighted by Crippen LogP contribution is -2.33. The van der Waals surface area contributed by atoms with Gasteiger partial charge in [0.1, 0.15) is 11.0 Å². The summed E-state index contributed by atoms with van der Waals surface area (Å²) < 4.78 is 12.9. The Labute approximate surface area is 97.7 Å². The lowest BCUT2D eigenvalue weighted by molar-refractivity contribution is 0.0731. The van der Waals surface area contributed by atoms with E-state index in [2.05, 4.69) is 4.98 Å². The van der Waals surface area contributed by atoms with Crippen LogP contribution in [0.2, 0.25) is 5.15 Å².